The Morgan fingerprint density at radius 3 is 2.54 bits per heavy atom. The Balaban J connectivity index is 1.79. The highest BCUT2D eigenvalue weighted by Gasteiger charge is 2.32. The van der Waals surface area contributed by atoms with Gasteiger partial charge in [0.15, 0.2) is 0 Å². The van der Waals surface area contributed by atoms with Gasteiger partial charge in [0.1, 0.15) is 18.1 Å². The molecule has 1 heterocycles. The predicted molar refractivity (Wildman–Crippen MR) is 116 cm³/mol. The number of carbonyl (C=O) groups excluding carboxylic acids is 2. The number of ether oxygens (including phenoxy) is 1. The normalized spacial score (nSPS) is 15.1. The number of carbonyl (C=O) groups is 2. The lowest BCUT2D eigenvalue weighted by atomic mass is 10.1. The molecule has 0 bridgehead atoms. The molecule has 5 nitrogen and oxygen atoms in total. The fraction of sp³-hybridized carbons (Fsp3) is 0.143. The van der Waals surface area contributed by atoms with Gasteiger partial charge in [-0.2, -0.15) is 0 Å². The fourth-order valence-electron chi connectivity index (χ4n) is 2.79. The standard InChI is InChI=1S/C21H18Br2N2O3/c1-3-7-25-20(26)18(24-21(25)27)11-15-9-16(22)19(17(23)10-15)28-12-14-6-4-5-13(2)8-14/h3-6,8-11H,1,7,12H2,2H3,(H,24,27)/b18-11+. The van der Waals surface area contributed by atoms with Crippen LogP contribution in [-0.2, 0) is 11.4 Å². The van der Waals surface area contributed by atoms with E-state index in [0.29, 0.717) is 12.4 Å². The van der Waals surface area contributed by atoms with Crippen molar-refractivity contribution in [3.05, 3.63) is 80.4 Å². The van der Waals surface area contributed by atoms with Crippen LogP contribution in [0.4, 0.5) is 4.79 Å². The van der Waals surface area contributed by atoms with E-state index in [1.54, 1.807) is 6.08 Å². The van der Waals surface area contributed by atoms with Crippen LogP contribution in [0.5, 0.6) is 5.75 Å². The highest BCUT2D eigenvalue weighted by molar-refractivity contribution is 9.11. The molecular weight excluding hydrogens is 488 g/mol. The van der Waals surface area contributed by atoms with Crippen LogP contribution in [0, 0.1) is 6.92 Å². The minimum absolute atomic E-state index is 0.168. The summed E-state index contributed by atoms with van der Waals surface area (Å²) in [4.78, 5) is 25.3. The lowest BCUT2D eigenvalue weighted by Crippen LogP contribution is -2.30. The van der Waals surface area contributed by atoms with E-state index in [1.807, 2.05) is 37.3 Å². The van der Waals surface area contributed by atoms with Crippen molar-refractivity contribution < 1.29 is 14.3 Å². The number of halogens is 2. The lowest BCUT2D eigenvalue weighted by molar-refractivity contribution is -0.122. The first kappa shape index (κ1) is 20.4. The zero-order chi connectivity index (χ0) is 20.3. The Morgan fingerprint density at radius 2 is 1.89 bits per heavy atom. The molecule has 1 N–H and O–H groups in total. The summed E-state index contributed by atoms with van der Waals surface area (Å²) in [6.45, 7) is 6.20. The van der Waals surface area contributed by atoms with Gasteiger partial charge in [-0.15, -0.1) is 6.58 Å². The summed E-state index contributed by atoms with van der Waals surface area (Å²) in [5.74, 6) is 0.288. The number of aryl methyl sites for hydroxylation is 1. The number of hydrogen-bond acceptors (Lipinski definition) is 3. The predicted octanol–water partition coefficient (Wildman–Crippen LogP) is 5.18. The number of hydrogen-bond donors (Lipinski definition) is 1. The first-order valence-corrected chi connectivity index (χ1v) is 10.1. The summed E-state index contributed by atoms with van der Waals surface area (Å²) in [5, 5.41) is 2.58. The maximum Gasteiger partial charge on any atom is 0.329 e. The fourth-order valence-corrected chi connectivity index (χ4v) is 4.24. The summed E-state index contributed by atoms with van der Waals surface area (Å²) in [7, 11) is 0. The minimum Gasteiger partial charge on any atom is -0.487 e. The van der Waals surface area contributed by atoms with Crippen molar-refractivity contribution in [3.8, 4) is 5.75 Å². The Bertz CT molecular complexity index is 962. The highest BCUT2D eigenvalue weighted by Crippen LogP contribution is 2.36. The number of amides is 3. The van der Waals surface area contributed by atoms with Crippen molar-refractivity contribution in [3.63, 3.8) is 0 Å². The van der Waals surface area contributed by atoms with Crippen LogP contribution >= 0.6 is 31.9 Å². The maximum atomic E-state index is 12.3. The van der Waals surface area contributed by atoms with Gasteiger partial charge in [-0.3, -0.25) is 9.69 Å². The average Bonchev–Trinajstić information content (AvgIpc) is 2.89. The van der Waals surface area contributed by atoms with Crippen LogP contribution in [0.1, 0.15) is 16.7 Å². The summed E-state index contributed by atoms with van der Waals surface area (Å²) < 4.78 is 7.42. The van der Waals surface area contributed by atoms with Crippen LogP contribution in [0.2, 0.25) is 0 Å². The monoisotopic (exact) mass is 504 g/mol. The molecule has 1 fully saturated rings. The molecule has 3 amide bonds. The third-order valence-corrected chi connectivity index (χ3v) is 5.25. The van der Waals surface area contributed by atoms with Gasteiger partial charge in [-0.05, 0) is 68.1 Å². The van der Waals surface area contributed by atoms with Gasteiger partial charge in [0.2, 0.25) is 0 Å². The molecule has 0 aromatic heterocycles. The van der Waals surface area contributed by atoms with Crippen molar-refractivity contribution in [1.29, 1.82) is 0 Å². The molecule has 1 aliphatic rings. The molecule has 2 aromatic rings. The van der Waals surface area contributed by atoms with E-state index in [2.05, 4.69) is 49.8 Å². The average molecular weight is 506 g/mol. The van der Waals surface area contributed by atoms with Gasteiger partial charge in [-0.25, -0.2) is 4.79 Å². The van der Waals surface area contributed by atoms with Crippen molar-refractivity contribution >= 4 is 49.9 Å². The molecule has 28 heavy (non-hydrogen) atoms. The Kier molecular flexibility index (Phi) is 6.36. The van der Waals surface area contributed by atoms with Gasteiger partial charge in [0.05, 0.1) is 8.95 Å². The van der Waals surface area contributed by atoms with E-state index >= 15 is 0 Å². The highest BCUT2D eigenvalue weighted by atomic mass is 79.9. The number of imide groups is 1. The van der Waals surface area contributed by atoms with E-state index in [9.17, 15) is 9.59 Å². The van der Waals surface area contributed by atoms with Gasteiger partial charge in [-0.1, -0.05) is 35.9 Å². The Hall–Kier alpha value is -2.38. The third kappa shape index (κ3) is 4.54. The molecule has 0 unspecified atom stereocenters. The van der Waals surface area contributed by atoms with E-state index in [1.165, 1.54) is 11.6 Å². The van der Waals surface area contributed by atoms with Gasteiger partial charge in [0, 0.05) is 6.54 Å². The SMILES string of the molecule is C=CCN1C(=O)N/C(=C/c2cc(Br)c(OCc3cccc(C)c3)c(Br)c2)C1=O. The Morgan fingerprint density at radius 1 is 1.18 bits per heavy atom. The molecule has 1 saturated heterocycles. The molecule has 0 radical (unpaired) electrons. The summed E-state index contributed by atoms with van der Waals surface area (Å²) in [6, 6.07) is 11.3. The molecule has 0 atom stereocenters. The van der Waals surface area contributed by atoms with Crippen LogP contribution in [0.15, 0.2) is 63.7 Å². The summed E-state index contributed by atoms with van der Waals surface area (Å²) in [6.07, 6.45) is 3.14. The first-order valence-electron chi connectivity index (χ1n) is 8.52. The molecule has 2 aromatic carbocycles. The van der Waals surface area contributed by atoms with Crippen molar-refractivity contribution in [2.24, 2.45) is 0 Å². The second-order valence-electron chi connectivity index (χ2n) is 6.28. The molecule has 0 saturated carbocycles. The second kappa shape index (κ2) is 8.75. The number of rotatable bonds is 6. The molecule has 0 aliphatic carbocycles. The largest absolute Gasteiger partial charge is 0.487 e. The third-order valence-electron chi connectivity index (χ3n) is 4.07. The van der Waals surface area contributed by atoms with Crippen LogP contribution in [0.25, 0.3) is 6.08 Å². The minimum atomic E-state index is -0.451. The number of benzene rings is 2. The quantitative estimate of drug-likeness (QED) is 0.334. The van der Waals surface area contributed by atoms with Crippen molar-refractivity contribution in [2.75, 3.05) is 6.54 Å². The molecule has 144 valence electrons. The maximum absolute atomic E-state index is 12.3. The number of nitrogens with one attached hydrogen (secondary N) is 1. The zero-order valence-electron chi connectivity index (χ0n) is 15.2. The van der Waals surface area contributed by atoms with E-state index in [0.717, 1.165) is 25.0 Å². The number of nitrogens with zero attached hydrogens (tertiary/aromatic N) is 1. The zero-order valence-corrected chi connectivity index (χ0v) is 18.3. The Labute approximate surface area is 180 Å². The van der Waals surface area contributed by atoms with Crippen LogP contribution in [-0.4, -0.2) is 23.4 Å². The second-order valence-corrected chi connectivity index (χ2v) is 7.99. The van der Waals surface area contributed by atoms with Crippen LogP contribution < -0.4 is 10.1 Å². The van der Waals surface area contributed by atoms with E-state index < -0.39 is 6.03 Å². The summed E-state index contributed by atoms with van der Waals surface area (Å²) in [5.41, 5.74) is 3.21. The smallest absolute Gasteiger partial charge is 0.329 e. The van der Waals surface area contributed by atoms with E-state index in [4.69, 9.17) is 4.74 Å². The van der Waals surface area contributed by atoms with Gasteiger partial charge >= 0.3 is 6.03 Å². The topological polar surface area (TPSA) is 58.6 Å². The van der Waals surface area contributed by atoms with Gasteiger partial charge in [0.25, 0.3) is 5.91 Å². The number of urea groups is 1. The molecule has 1 aliphatic heterocycles. The van der Waals surface area contributed by atoms with Gasteiger partial charge < -0.3 is 10.1 Å². The molecule has 7 heteroatoms. The van der Waals surface area contributed by atoms with Crippen LogP contribution in [0.3, 0.4) is 0 Å². The summed E-state index contributed by atoms with van der Waals surface area (Å²) >= 11 is 7.04. The lowest BCUT2D eigenvalue weighted by Gasteiger charge is -2.12. The van der Waals surface area contributed by atoms with E-state index in [-0.39, 0.29) is 18.1 Å². The molecule has 3 rings (SSSR count). The first-order chi connectivity index (χ1) is 13.4. The molecule has 0 spiro atoms. The van der Waals surface area contributed by atoms with Crippen molar-refractivity contribution in [1.82, 2.24) is 10.2 Å². The molecular formula is C21H18Br2N2O3. The van der Waals surface area contributed by atoms with Crippen molar-refractivity contribution in [2.45, 2.75) is 13.5 Å².